The third-order valence-electron chi connectivity index (χ3n) is 1.78. The van der Waals surface area contributed by atoms with Crippen LogP contribution in [0, 0.1) is 17.8 Å². The maximum atomic E-state index is 12.9. The first-order valence-electron chi connectivity index (χ1n) is 4.10. The fraction of sp³-hybridized carbons (Fsp3) is 0.250. The molecule has 0 spiro atoms. The maximum Gasteiger partial charge on any atom is 0.353 e. The molecule has 0 bridgehead atoms. The Kier molecular flexibility index (Phi) is 2.17. The molecule has 0 saturated heterocycles. The van der Waals surface area contributed by atoms with Gasteiger partial charge in [-0.3, -0.25) is 0 Å². The van der Waals surface area contributed by atoms with Crippen molar-refractivity contribution in [3.63, 3.8) is 0 Å². The van der Waals surface area contributed by atoms with Crippen molar-refractivity contribution >= 4 is 5.65 Å². The lowest BCUT2D eigenvalue weighted by molar-refractivity contribution is 0.560. The number of rotatable bonds is 1. The zero-order valence-electron chi connectivity index (χ0n) is 7.81. The van der Waals surface area contributed by atoms with Crippen LogP contribution >= 0.6 is 0 Å². The van der Waals surface area contributed by atoms with E-state index in [1.165, 1.54) is 0 Å². The highest BCUT2D eigenvalue weighted by Crippen LogP contribution is 1.97. The number of aromatic nitrogens is 5. The van der Waals surface area contributed by atoms with Crippen LogP contribution in [-0.4, -0.2) is 24.4 Å². The fourth-order valence-electron chi connectivity index (χ4n) is 1.06. The fourth-order valence-corrected chi connectivity index (χ4v) is 1.06. The highest BCUT2D eigenvalue weighted by atomic mass is 19.1. The summed E-state index contributed by atoms with van der Waals surface area (Å²) in [6.45, 7) is 1.77. The van der Waals surface area contributed by atoms with Crippen molar-refractivity contribution in [1.82, 2.24) is 24.4 Å². The summed E-state index contributed by atoms with van der Waals surface area (Å²) in [5.74, 6) is 4.47. The first-order valence-corrected chi connectivity index (χ1v) is 4.10. The van der Waals surface area contributed by atoms with Gasteiger partial charge in [0, 0.05) is 0 Å². The van der Waals surface area contributed by atoms with Crippen LogP contribution in [0.2, 0.25) is 0 Å². The van der Waals surface area contributed by atoms with Gasteiger partial charge in [0.1, 0.15) is 12.9 Å². The molecule has 0 aliphatic rings. The summed E-state index contributed by atoms with van der Waals surface area (Å²) in [6, 6.07) is 0. The first kappa shape index (κ1) is 9.33. The molecule has 76 valence electrons. The minimum Gasteiger partial charge on any atom is -0.245 e. The first-order chi connectivity index (χ1) is 7.24. The zero-order chi connectivity index (χ0) is 10.8. The van der Waals surface area contributed by atoms with Gasteiger partial charge in [0.05, 0.1) is 0 Å². The normalized spacial score (nSPS) is 10.0. The Labute approximate surface area is 83.4 Å². The van der Waals surface area contributed by atoms with E-state index in [0.29, 0.717) is 0 Å². The monoisotopic (exact) mass is 207 g/mol. The third kappa shape index (κ3) is 1.46. The van der Waals surface area contributed by atoms with Gasteiger partial charge in [0.2, 0.25) is 5.65 Å². The molecule has 2 aromatic rings. The van der Waals surface area contributed by atoms with Gasteiger partial charge in [-0.15, -0.1) is 11.0 Å². The van der Waals surface area contributed by atoms with E-state index in [4.69, 9.17) is 0 Å². The summed E-state index contributed by atoms with van der Waals surface area (Å²) in [6.07, 6.45) is 1.07. The average molecular weight is 207 g/mol. The molecule has 0 saturated carbocycles. The van der Waals surface area contributed by atoms with E-state index in [0.717, 1.165) is 15.4 Å². The van der Waals surface area contributed by atoms with Crippen molar-refractivity contribution in [3.05, 3.63) is 22.8 Å². The van der Waals surface area contributed by atoms with Crippen molar-refractivity contribution in [2.75, 3.05) is 0 Å². The van der Waals surface area contributed by atoms with Crippen molar-refractivity contribution in [2.45, 2.75) is 13.5 Å². The van der Waals surface area contributed by atoms with Crippen molar-refractivity contribution in [1.29, 1.82) is 0 Å². The van der Waals surface area contributed by atoms with Crippen LogP contribution in [0.25, 0.3) is 5.65 Å². The predicted octanol–water partition coefficient (Wildman–Crippen LogP) is -0.552. The molecule has 2 heterocycles. The molecule has 15 heavy (non-hydrogen) atoms. The molecule has 0 aromatic carbocycles. The van der Waals surface area contributed by atoms with Crippen LogP contribution < -0.4 is 5.69 Å². The standard InChI is InChI=1S/C8H6FN5O/c1-2-3-4-14-8(15)13-5-10-6(9)7(13)11-12-14/h5H,4H2,1H3. The molecule has 0 aliphatic heterocycles. The van der Waals surface area contributed by atoms with E-state index in [2.05, 4.69) is 27.1 Å². The van der Waals surface area contributed by atoms with Crippen LogP contribution in [0.5, 0.6) is 0 Å². The smallest absolute Gasteiger partial charge is 0.245 e. The lowest BCUT2D eigenvalue weighted by atomic mass is 10.6. The third-order valence-corrected chi connectivity index (χ3v) is 1.78. The molecule has 6 nitrogen and oxygen atoms in total. The number of nitrogens with zero attached hydrogens (tertiary/aromatic N) is 5. The molecule has 0 atom stereocenters. The Bertz CT molecular complexity index is 617. The van der Waals surface area contributed by atoms with Crippen LogP contribution in [0.1, 0.15) is 6.92 Å². The van der Waals surface area contributed by atoms with Crippen LogP contribution in [0.15, 0.2) is 11.1 Å². The lowest BCUT2D eigenvalue weighted by Crippen LogP contribution is -2.29. The summed E-state index contributed by atoms with van der Waals surface area (Å²) < 4.78 is 14.9. The van der Waals surface area contributed by atoms with E-state index in [1.54, 1.807) is 6.92 Å². The maximum absolute atomic E-state index is 12.9. The topological polar surface area (TPSA) is 65.1 Å². The average Bonchev–Trinajstić information content (AvgIpc) is 2.61. The quantitative estimate of drug-likeness (QED) is 0.588. The number of halogens is 1. The van der Waals surface area contributed by atoms with Crippen molar-refractivity contribution < 1.29 is 4.39 Å². The van der Waals surface area contributed by atoms with Gasteiger partial charge < -0.3 is 0 Å². The number of hydrogen-bond donors (Lipinski definition) is 0. The predicted molar refractivity (Wildman–Crippen MR) is 48.5 cm³/mol. The minimum absolute atomic E-state index is 0.123. The summed E-state index contributed by atoms with van der Waals surface area (Å²) in [4.78, 5) is 14.9. The second-order valence-electron chi connectivity index (χ2n) is 2.69. The van der Waals surface area contributed by atoms with E-state index >= 15 is 0 Å². The molecule has 2 aromatic heterocycles. The molecule has 0 unspecified atom stereocenters. The summed E-state index contributed by atoms with van der Waals surface area (Å²) in [5, 5.41) is 7.05. The van der Waals surface area contributed by atoms with Gasteiger partial charge in [-0.1, -0.05) is 11.1 Å². The number of imidazole rings is 1. The summed E-state index contributed by atoms with van der Waals surface area (Å²) in [7, 11) is 0. The molecule has 2 rings (SSSR count). The summed E-state index contributed by atoms with van der Waals surface area (Å²) in [5.41, 5.74) is -0.695. The van der Waals surface area contributed by atoms with Gasteiger partial charge in [-0.25, -0.2) is 14.2 Å². The van der Waals surface area contributed by atoms with Gasteiger partial charge in [0.25, 0.3) is 5.95 Å². The molecule has 0 N–H and O–H groups in total. The largest absolute Gasteiger partial charge is 0.353 e. The zero-order valence-corrected chi connectivity index (χ0v) is 7.81. The molecule has 0 fully saturated rings. The van der Waals surface area contributed by atoms with Gasteiger partial charge in [-0.2, -0.15) is 9.07 Å². The second-order valence-corrected chi connectivity index (χ2v) is 2.69. The minimum atomic E-state index is -0.812. The Morgan fingerprint density at radius 2 is 2.40 bits per heavy atom. The highest BCUT2D eigenvalue weighted by molar-refractivity contribution is 5.33. The van der Waals surface area contributed by atoms with E-state index in [-0.39, 0.29) is 12.2 Å². The van der Waals surface area contributed by atoms with E-state index < -0.39 is 11.6 Å². The van der Waals surface area contributed by atoms with Crippen molar-refractivity contribution in [3.8, 4) is 11.8 Å². The number of hydrogen-bond acceptors (Lipinski definition) is 4. The second kappa shape index (κ2) is 3.49. The van der Waals surface area contributed by atoms with E-state index in [9.17, 15) is 9.18 Å². The van der Waals surface area contributed by atoms with Gasteiger partial charge >= 0.3 is 5.69 Å². The van der Waals surface area contributed by atoms with Gasteiger partial charge in [0.15, 0.2) is 0 Å². The lowest BCUT2D eigenvalue weighted by Gasteiger charge is -1.97. The molecule has 0 aliphatic carbocycles. The molecule has 0 radical (unpaired) electrons. The van der Waals surface area contributed by atoms with Crippen LogP contribution in [-0.2, 0) is 6.54 Å². The Morgan fingerprint density at radius 1 is 1.60 bits per heavy atom. The SMILES string of the molecule is CC#CCn1nnc2c(F)ncn2c1=O. The Morgan fingerprint density at radius 3 is 3.13 bits per heavy atom. The van der Waals surface area contributed by atoms with Gasteiger partial charge in [-0.05, 0) is 6.92 Å². The van der Waals surface area contributed by atoms with E-state index in [1.807, 2.05) is 0 Å². The highest BCUT2D eigenvalue weighted by Gasteiger charge is 2.09. The number of fused-ring (bicyclic) bond motifs is 1. The molecule has 0 amide bonds. The summed E-state index contributed by atoms with van der Waals surface area (Å²) >= 11 is 0. The van der Waals surface area contributed by atoms with Crippen molar-refractivity contribution in [2.24, 2.45) is 0 Å². The Balaban J connectivity index is 2.64. The molecular weight excluding hydrogens is 201 g/mol. The Hall–Kier alpha value is -2.23. The molecule has 7 heteroatoms. The molecular formula is C8H6FN5O. The van der Waals surface area contributed by atoms with Crippen LogP contribution in [0.4, 0.5) is 4.39 Å². The van der Waals surface area contributed by atoms with Crippen LogP contribution in [0.3, 0.4) is 0 Å².